The van der Waals surface area contributed by atoms with E-state index in [1.165, 1.54) is 12.5 Å². The van der Waals surface area contributed by atoms with Gasteiger partial charge in [0, 0.05) is 38.2 Å². The third kappa shape index (κ3) is 2.56. The molecule has 0 spiro atoms. The number of aliphatic imine (C=N–C) groups is 1. The smallest absolute Gasteiger partial charge is 0.283 e. The van der Waals surface area contributed by atoms with Gasteiger partial charge in [-0.05, 0) is 18.2 Å². The molecule has 1 amide bonds. The summed E-state index contributed by atoms with van der Waals surface area (Å²) in [4.78, 5) is 26.1. The highest BCUT2D eigenvalue weighted by atomic mass is 16.1. The van der Waals surface area contributed by atoms with Crippen LogP contribution in [0.4, 0.5) is 0 Å². The van der Waals surface area contributed by atoms with E-state index < -0.39 is 0 Å². The van der Waals surface area contributed by atoms with Gasteiger partial charge in [0.05, 0.1) is 18.2 Å². The van der Waals surface area contributed by atoms with Crippen LogP contribution < -0.4 is 0 Å². The van der Waals surface area contributed by atoms with Gasteiger partial charge < -0.3 is 4.90 Å². The molecule has 0 aromatic carbocycles. The van der Waals surface area contributed by atoms with Crippen LogP contribution in [-0.2, 0) is 0 Å². The van der Waals surface area contributed by atoms with Crippen molar-refractivity contribution >= 4 is 17.9 Å². The van der Waals surface area contributed by atoms with E-state index in [1.807, 2.05) is 18.2 Å². The molecule has 0 saturated heterocycles. The monoisotopic (exact) mass is 294 g/mol. The summed E-state index contributed by atoms with van der Waals surface area (Å²) in [6.45, 7) is 0. The van der Waals surface area contributed by atoms with Crippen molar-refractivity contribution in [3.8, 4) is 11.3 Å². The van der Waals surface area contributed by atoms with Crippen molar-refractivity contribution in [1.29, 1.82) is 0 Å². The molecule has 3 aromatic rings. The highest BCUT2D eigenvalue weighted by molar-refractivity contribution is 6.03. The second-order valence-electron chi connectivity index (χ2n) is 4.88. The minimum absolute atomic E-state index is 0.365. The topological polar surface area (TPSA) is 75.8 Å². The molecule has 3 rings (SSSR count). The number of nitrogens with zero attached hydrogens (tertiary/aromatic N) is 6. The van der Waals surface area contributed by atoms with E-state index in [4.69, 9.17) is 0 Å². The minimum atomic E-state index is -0.375. The minimum Gasteiger partial charge on any atom is -0.369 e. The van der Waals surface area contributed by atoms with Gasteiger partial charge in [-0.1, -0.05) is 0 Å². The van der Waals surface area contributed by atoms with Crippen LogP contribution in [0.5, 0.6) is 0 Å². The molecule has 0 bridgehead atoms. The van der Waals surface area contributed by atoms with Gasteiger partial charge >= 0.3 is 0 Å². The van der Waals surface area contributed by atoms with E-state index in [-0.39, 0.29) is 5.91 Å². The Morgan fingerprint density at radius 2 is 2.14 bits per heavy atom. The van der Waals surface area contributed by atoms with Crippen molar-refractivity contribution in [2.24, 2.45) is 4.99 Å². The van der Waals surface area contributed by atoms with Gasteiger partial charge in [-0.3, -0.25) is 9.78 Å². The Kier molecular flexibility index (Phi) is 3.61. The third-order valence-corrected chi connectivity index (χ3v) is 2.99. The maximum absolute atomic E-state index is 12.1. The first kappa shape index (κ1) is 13.9. The predicted molar refractivity (Wildman–Crippen MR) is 82.7 cm³/mol. The second kappa shape index (κ2) is 5.72. The fraction of sp³-hybridized carbons (Fsp3) is 0.133. The van der Waals surface area contributed by atoms with E-state index in [2.05, 4.69) is 20.1 Å². The lowest BCUT2D eigenvalue weighted by Crippen LogP contribution is -2.09. The predicted octanol–water partition coefficient (Wildman–Crippen LogP) is 1.52. The number of hydrogen-bond acceptors (Lipinski definition) is 4. The Hall–Kier alpha value is -3.09. The summed E-state index contributed by atoms with van der Waals surface area (Å²) in [5, 5.41) is 4.26. The Bertz CT molecular complexity index is 838. The number of pyridine rings is 1. The van der Waals surface area contributed by atoms with Crippen LogP contribution in [0.2, 0.25) is 0 Å². The molecule has 0 aliphatic heterocycles. The number of carbonyl (C=O) groups excluding carboxylic acids is 1. The molecule has 7 heteroatoms. The van der Waals surface area contributed by atoms with Gasteiger partial charge in [0.2, 0.25) is 0 Å². The molecule has 0 aliphatic rings. The molecule has 0 fully saturated rings. The SMILES string of the molecule is CN(C)C=NC(=O)c1cnn2c(-c3cccnc3)ccnc12. The van der Waals surface area contributed by atoms with Crippen molar-refractivity contribution in [2.75, 3.05) is 14.1 Å². The van der Waals surface area contributed by atoms with Crippen molar-refractivity contribution < 1.29 is 4.79 Å². The van der Waals surface area contributed by atoms with Crippen molar-refractivity contribution in [2.45, 2.75) is 0 Å². The second-order valence-corrected chi connectivity index (χ2v) is 4.88. The molecular formula is C15H14N6O. The van der Waals surface area contributed by atoms with Gasteiger partial charge in [0.1, 0.15) is 5.56 Å². The summed E-state index contributed by atoms with van der Waals surface area (Å²) in [5.74, 6) is -0.375. The summed E-state index contributed by atoms with van der Waals surface area (Å²) in [7, 11) is 3.59. The molecule has 0 saturated carbocycles. The summed E-state index contributed by atoms with van der Waals surface area (Å²) < 4.78 is 1.62. The Morgan fingerprint density at radius 1 is 1.27 bits per heavy atom. The Balaban J connectivity index is 2.08. The van der Waals surface area contributed by atoms with Crippen LogP contribution in [0.3, 0.4) is 0 Å². The van der Waals surface area contributed by atoms with Gasteiger partial charge in [0.25, 0.3) is 5.91 Å². The van der Waals surface area contributed by atoms with Crippen LogP contribution in [0, 0.1) is 0 Å². The maximum Gasteiger partial charge on any atom is 0.283 e. The van der Waals surface area contributed by atoms with Crippen LogP contribution in [0.15, 0.2) is 48.0 Å². The normalized spacial score (nSPS) is 11.2. The highest BCUT2D eigenvalue weighted by Crippen LogP contribution is 2.20. The molecule has 3 heterocycles. The number of amides is 1. The number of rotatable bonds is 3. The first-order chi connectivity index (χ1) is 10.7. The van der Waals surface area contributed by atoms with Crippen LogP contribution >= 0.6 is 0 Å². The van der Waals surface area contributed by atoms with E-state index in [9.17, 15) is 4.79 Å². The number of fused-ring (bicyclic) bond motifs is 1. The summed E-state index contributed by atoms with van der Waals surface area (Å²) in [6, 6.07) is 5.60. The molecule has 0 radical (unpaired) electrons. The van der Waals surface area contributed by atoms with E-state index in [0.29, 0.717) is 11.2 Å². The highest BCUT2D eigenvalue weighted by Gasteiger charge is 2.15. The van der Waals surface area contributed by atoms with E-state index >= 15 is 0 Å². The lowest BCUT2D eigenvalue weighted by atomic mass is 10.2. The number of aromatic nitrogens is 4. The first-order valence-corrected chi connectivity index (χ1v) is 6.65. The molecular weight excluding hydrogens is 280 g/mol. The number of carbonyl (C=O) groups is 1. The summed E-state index contributed by atoms with van der Waals surface area (Å²) in [5.41, 5.74) is 2.55. The molecule has 3 aromatic heterocycles. The zero-order valence-corrected chi connectivity index (χ0v) is 12.2. The molecule has 0 atom stereocenters. The van der Waals surface area contributed by atoms with E-state index in [0.717, 1.165) is 11.3 Å². The molecule has 22 heavy (non-hydrogen) atoms. The van der Waals surface area contributed by atoms with Gasteiger partial charge in [-0.2, -0.15) is 10.1 Å². The third-order valence-electron chi connectivity index (χ3n) is 2.99. The maximum atomic E-state index is 12.1. The molecule has 0 aliphatic carbocycles. The number of hydrogen-bond donors (Lipinski definition) is 0. The van der Waals surface area contributed by atoms with Gasteiger partial charge in [0.15, 0.2) is 5.65 Å². The van der Waals surface area contributed by atoms with Crippen molar-refractivity contribution in [3.05, 3.63) is 48.5 Å². The lowest BCUT2D eigenvalue weighted by Gasteiger charge is -2.04. The average molecular weight is 294 g/mol. The molecule has 7 nitrogen and oxygen atoms in total. The van der Waals surface area contributed by atoms with Crippen LogP contribution in [0.25, 0.3) is 16.9 Å². The summed E-state index contributed by atoms with van der Waals surface area (Å²) in [6.07, 6.45) is 8.03. The summed E-state index contributed by atoms with van der Waals surface area (Å²) >= 11 is 0. The standard InChI is InChI=1S/C15H14N6O/c1-20(2)10-18-15(22)12-9-19-21-13(5-7-17-14(12)21)11-4-3-6-16-8-11/h3-10H,1-2H3. The quantitative estimate of drug-likeness (QED) is 0.541. The van der Waals surface area contributed by atoms with Crippen LogP contribution in [-0.4, -0.2) is 50.8 Å². The largest absolute Gasteiger partial charge is 0.369 e. The lowest BCUT2D eigenvalue weighted by molar-refractivity contribution is 0.100. The molecule has 0 unspecified atom stereocenters. The van der Waals surface area contributed by atoms with Crippen LogP contribution in [0.1, 0.15) is 10.4 Å². The van der Waals surface area contributed by atoms with Crippen molar-refractivity contribution in [1.82, 2.24) is 24.5 Å². The fourth-order valence-electron chi connectivity index (χ4n) is 2.01. The van der Waals surface area contributed by atoms with Gasteiger partial charge in [-0.15, -0.1) is 0 Å². The van der Waals surface area contributed by atoms with E-state index in [1.54, 1.807) is 42.1 Å². The fourth-order valence-corrected chi connectivity index (χ4v) is 2.01. The molecule has 110 valence electrons. The van der Waals surface area contributed by atoms with Gasteiger partial charge in [-0.25, -0.2) is 9.50 Å². The Morgan fingerprint density at radius 3 is 2.86 bits per heavy atom. The Labute approximate surface area is 127 Å². The molecule has 0 N–H and O–H groups in total. The van der Waals surface area contributed by atoms with Crippen molar-refractivity contribution in [3.63, 3.8) is 0 Å². The zero-order chi connectivity index (χ0) is 15.5. The first-order valence-electron chi connectivity index (χ1n) is 6.65. The average Bonchev–Trinajstić information content (AvgIpc) is 2.97. The zero-order valence-electron chi connectivity index (χ0n) is 12.2.